The van der Waals surface area contributed by atoms with Crippen molar-refractivity contribution in [3.05, 3.63) is 64.3 Å². The summed E-state index contributed by atoms with van der Waals surface area (Å²) in [5.74, 6) is -0.0965. The van der Waals surface area contributed by atoms with Crippen LogP contribution < -0.4 is 0 Å². The average Bonchev–Trinajstić information content (AvgIpc) is 3.02. The lowest BCUT2D eigenvalue weighted by atomic mass is 10.2. The van der Waals surface area contributed by atoms with Crippen LogP contribution in [0, 0.1) is 6.92 Å². The molecule has 0 saturated heterocycles. The third-order valence-corrected chi connectivity index (χ3v) is 6.32. The van der Waals surface area contributed by atoms with Crippen LogP contribution in [-0.4, -0.2) is 26.7 Å². The maximum Gasteiger partial charge on any atom is 0.306 e. The quantitative estimate of drug-likeness (QED) is 0.496. The Morgan fingerprint density at radius 1 is 1.11 bits per heavy atom. The van der Waals surface area contributed by atoms with Gasteiger partial charge in [0.2, 0.25) is 0 Å². The Morgan fingerprint density at radius 2 is 1.85 bits per heavy atom. The summed E-state index contributed by atoms with van der Waals surface area (Å²) in [4.78, 5) is 12.1. The van der Waals surface area contributed by atoms with Gasteiger partial charge in [0.05, 0.1) is 23.7 Å². The predicted molar refractivity (Wildman–Crippen MR) is 106 cm³/mol. The summed E-state index contributed by atoms with van der Waals surface area (Å²) in [6.45, 7) is 2.03. The Balaban J connectivity index is 1.48. The lowest BCUT2D eigenvalue weighted by molar-refractivity contribution is -0.143. The van der Waals surface area contributed by atoms with Gasteiger partial charge in [-0.05, 0) is 43.3 Å². The van der Waals surface area contributed by atoms with Crippen LogP contribution in [-0.2, 0) is 25.8 Å². The first-order valence-electron chi connectivity index (χ1n) is 8.46. The topological polar surface area (TPSA) is 73.6 Å². The third-order valence-electron chi connectivity index (χ3n) is 4.10. The molecule has 0 radical (unpaired) electrons. The highest BCUT2D eigenvalue weighted by molar-refractivity contribution is 9.10. The number of rotatable bonds is 7. The summed E-state index contributed by atoms with van der Waals surface area (Å²) in [6.07, 6.45) is 0.256. The number of furan rings is 1. The van der Waals surface area contributed by atoms with E-state index in [0.29, 0.717) is 12.2 Å². The van der Waals surface area contributed by atoms with Crippen LogP contribution in [0.4, 0.5) is 0 Å². The van der Waals surface area contributed by atoms with Crippen LogP contribution in [0.1, 0.15) is 17.7 Å². The summed E-state index contributed by atoms with van der Waals surface area (Å²) in [5.41, 5.74) is 1.75. The van der Waals surface area contributed by atoms with E-state index in [-0.39, 0.29) is 23.7 Å². The Bertz CT molecular complexity index is 1050. The Hall–Kier alpha value is -2.12. The van der Waals surface area contributed by atoms with Crippen LogP contribution in [0.2, 0.25) is 0 Å². The lowest BCUT2D eigenvalue weighted by Crippen LogP contribution is -2.14. The fourth-order valence-electron chi connectivity index (χ4n) is 2.61. The van der Waals surface area contributed by atoms with E-state index < -0.39 is 15.8 Å². The number of carbonyl (C=O) groups is 1. The monoisotopic (exact) mass is 450 g/mol. The Morgan fingerprint density at radius 3 is 2.59 bits per heavy atom. The van der Waals surface area contributed by atoms with E-state index in [9.17, 15) is 13.2 Å². The van der Waals surface area contributed by atoms with Gasteiger partial charge in [-0.1, -0.05) is 33.6 Å². The van der Waals surface area contributed by atoms with Gasteiger partial charge in [-0.15, -0.1) is 0 Å². The minimum absolute atomic E-state index is 0.143. The zero-order valence-electron chi connectivity index (χ0n) is 14.8. The van der Waals surface area contributed by atoms with E-state index in [0.717, 1.165) is 21.0 Å². The van der Waals surface area contributed by atoms with E-state index in [4.69, 9.17) is 9.15 Å². The van der Waals surface area contributed by atoms with Crippen molar-refractivity contribution >= 4 is 42.7 Å². The van der Waals surface area contributed by atoms with Crippen molar-refractivity contribution in [2.75, 3.05) is 12.4 Å². The number of ether oxygens (including phenoxy) is 1. The standard InChI is InChI=1S/C20H19BrO5S/c1-14-2-5-18(6-3-14)27(23,24)11-9-20(22)25-10-8-17-13-15-12-16(21)4-7-19(15)26-17/h2-7,12-13H,8-11H2,1H3. The Labute approximate surface area is 166 Å². The molecule has 2 aromatic carbocycles. The fourth-order valence-corrected chi connectivity index (χ4v) is 4.21. The van der Waals surface area contributed by atoms with Crippen molar-refractivity contribution in [1.82, 2.24) is 0 Å². The molecule has 5 nitrogen and oxygen atoms in total. The average molecular weight is 451 g/mol. The molecule has 0 amide bonds. The molecule has 0 bridgehead atoms. The number of halogens is 1. The van der Waals surface area contributed by atoms with Gasteiger partial charge >= 0.3 is 5.97 Å². The highest BCUT2D eigenvalue weighted by Gasteiger charge is 2.17. The number of benzene rings is 2. The van der Waals surface area contributed by atoms with Crippen molar-refractivity contribution in [2.45, 2.75) is 24.7 Å². The summed E-state index contributed by atoms with van der Waals surface area (Å²) >= 11 is 3.41. The minimum Gasteiger partial charge on any atom is -0.465 e. The largest absolute Gasteiger partial charge is 0.465 e. The molecule has 1 aromatic heterocycles. The third kappa shape index (κ3) is 5.20. The van der Waals surface area contributed by atoms with Gasteiger partial charge in [-0.2, -0.15) is 0 Å². The smallest absolute Gasteiger partial charge is 0.306 e. The molecule has 3 aromatic rings. The van der Waals surface area contributed by atoms with Crippen molar-refractivity contribution < 1.29 is 22.4 Å². The first-order chi connectivity index (χ1) is 12.8. The van der Waals surface area contributed by atoms with E-state index >= 15 is 0 Å². The Kier molecular flexibility index (Phi) is 6.01. The second-order valence-corrected chi connectivity index (χ2v) is 9.27. The number of hydrogen-bond acceptors (Lipinski definition) is 5. The molecule has 142 valence electrons. The SMILES string of the molecule is Cc1ccc(S(=O)(=O)CCC(=O)OCCc2cc3cc(Br)ccc3o2)cc1. The number of esters is 1. The molecule has 0 N–H and O–H groups in total. The van der Waals surface area contributed by atoms with Crippen molar-refractivity contribution in [3.63, 3.8) is 0 Å². The first kappa shape index (κ1) is 19.6. The molecule has 0 atom stereocenters. The van der Waals surface area contributed by atoms with E-state index in [1.54, 1.807) is 24.3 Å². The number of carbonyl (C=O) groups excluding carboxylic acids is 1. The molecule has 27 heavy (non-hydrogen) atoms. The predicted octanol–water partition coefficient (Wildman–Crippen LogP) is 4.45. The van der Waals surface area contributed by atoms with Crippen LogP contribution >= 0.6 is 15.9 Å². The molecule has 3 rings (SSSR count). The lowest BCUT2D eigenvalue weighted by Gasteiger charge is -2.06. The van der Waals surface area contributed by atoms with E-state index in [2.05, 4.69) is 15.9 Å². The second-order valence-electron chi connectivity index (χ2n) is 6.25. The van der Waals surface area contributed by atoms with Crippen molar-refractivity contribution in [1.29, 1.82) is 0 Å². The number of fused-ring (bicyclic) bond motifs is 1. The maximum absolute atomic E-state index is 12.2. The molecule has 0 spiro atoms. The zero-order chi connectivity index (χ0) is 19.4. The molecule has 0 saturated carbocycles. The molecular formula is C20H19BrO5S. The van der Waals surface area contributed by atoms with Gasteiger partial charge in [-0.25, -0.2) is 8.42 Å². The van der Waals surface area contributed by atoms with Crippen molar-refractivity contribution in [2.24, 2.45) is 0 Å². The molecule has 7 heteroatoms. The zero-order valence-corrected chi connectivity index (χ0v) is 17.2. The highest BCUT2D eigenvalue weighted by atomic mass is 79.9. The van der Waals surface area contributed by atoms with E-state index in [1.807, 2.05) is 31.2 Å². The molecule has 1 heterocycles. The van der Waals surface area contributed by atoms with Crippen molar-refractivity contribution in [3.8, 4) is 0 Å². The minimum atomic E-state index is -3.49. The normalized spacial score (nSPS) is 11.6. The fraction of sp³-hybridized carbons (Fsp3) is 0.250. The second kappa shape index (κ2) is 8.27. The molecule has 0 aliphatic rings. The summed E-state index contributed by atoms with van der Waals surface area (Å²) in [5, 5.41) is 0.967. The first-order valence-corrected chi connectivity index (χ1v) is 10.9. The van der Waals surface area contributed by atoms with Crippen LogP contribution in [0.5, 0.6) is 0 Å². The molecule has 0 unspecified atom stereocenters. The summed E-state index contributed by atoms with van der Waals surface area (Å²) < 4.78 is 36.3. The van der Waals surface area contributed by atoms with Gasteiger partial charge in [-0.3, -0.25) is 4.79 Å². The van der Waals surface area contributed by atoms with Gasteiger partial charge in [0.25, 0.3) is 0 Å². The van der Waals surface area contributed by atoms with Gasteiger partial charge in [0.1, 0.15) is 11.3 Å². The van der Waals surface area contributed by atoms with Crippen LogP contribution in [0.15, 0.2) is 62.3 Å². The number of hydrogen-bond donors (Lipinski definition) is 0. The summed E-state index contributed by atoms with van der Waals surface area (Å²) in [6, 6.07) is 14.2. The van der Waals surface area contributed by atoms with E-state index in [1.165, 1.54) is 0 Å². The van der Waals surface area contributed by atoms with Gasteiger partial charge in [0.15, 0.2) is 9.84 Å². The molecule has 0 aliphatic carbocycles. The van der Waals surface area contributed by atoms with Gasteiger partial charge in [0, 0.05) is 16.3 Å². The molecule has 0 fully saturated rings. The molecular weight excluding hydrogens is 432 g/mol. The molecule has 0 aliphatic heterocycles. The summed E-state index contributed by atoms with van der Waals surface area (Å²) in [7, 11) is -3.49. The van der Waals surface area contributed by atoms with Crippen LogP contribution in [0.25, 0.3) is 11.0 Å². The maximum atomic E-state index is 12.2. The van der Waals surface area contributed by atoms with Crippen LogP contribution in [0.3, 0.4) is 0 Å². The van der Waals surface area contributed by atoms with Gasteiger partial charge < -0.3 is 9.15 Å². The number of aryl methyl sites for hydroxylation is 1. The number of sulfone groups is 1. The highest BCUT2D eigenvalue weighted by Crippen LogP contribution is 2.23.